The van der Waals surface area contributed by atoms with E-state index < -0.39 is 0 Å². The van der Waals surface area contributed by atoms with E-state index in [-0.39, 0.29) is 6.29 Å². The molecule has 1 aliphatic carbocycles. The highest BCUT2D eigenvalue weighted by molar-refractivity contribution is 6.08. The number of aromatic amines is 2. The van der Waals surface area contributed by atoms with Crippen molar-refractivity contribution in [2.75, 3.05) is 0 Å². The highest BCUT2D eigenvalue weighted by atomic mass is 15.3. The summed E-state index contributed by atoms with van der Waals surface area (Å²) in [6.07, 6.45) is 8.67. The van der Waals surface area contributed by atoms with Crippen molar-refractivity contribution in [1.29, 1.82) is 0 Å². The molecular formula is C27H26N8. The summed E-state index contributed by atoms with van der Waals surface area (Å²) in [6, 6.07) is 10.9. The van der Waals surface area contributed by atoms with Crippen LogP contribution in [0.5, 0.6) is 0 Å². The van der Waals surface area contributed by atoms with Gasteiger partial charge in [0.05, 0.1) is 34.6 Å². The van der Waals surface area contributed by atoms with E-state index in [1.165, 1.54) is 16.5 Å². The SMILES string of the molecule is CC1=CC(C)=NC(NC2CCc3c(c(-c4ccc5[nH]ncc5c4)nc4ccc5[nH]ncc5c34)C2)N1. The van der Waals surface area contributed by atoms with Crippen LogP contribution in [0, 0.1) is 0 Å². The molecule has 0 spiro atoms. The quantitative estimate of drug-likeness (QED) is 0.319. The Bertz CT molecular complexity index is 1670. The van der Waals surface area contributed by atoms with Crippen LogP contribution in [0.25, 0.3) is 44.0 Å². The van der Waals surface area contributed by atoms with E-state index in [0.29, 0.717) is 6.04 Å². The van der Waals surface area contributed by atoms with Crippen molar-refractivity contribution in [1.82, 2.24) is 36.0 Å². The van der Waals surface area contributed by atoms with Crippen LogP contribution in [0.3, 0.4) is 0 Å². The highest BCUT2D eigenvalue weighted by Gasteiger charge is 2.28. The number of benzene rings is 2. The molecule has 2 aliphatic rings. The van der Waals surface area contributed by atoms with Crippen LogP contribution in [-0.2, 0) is 12.8 Å². The topological polar surface area (TPSA) is 107 Å². The van der Waals surface area contributed by atoms with Crippen molar-refractivity contribution in [2.45, 2.75) is 45.4 Å². The van der Waals surface area contributed by atoms with Crippen molar-refractivity contribution in [3.05, 3.63) is 65.6 Å². The predicted octanol–water partition coefficient (Wildman–Crippen LogP) is 4.35. The van der Waals surface area contributed by atoms with E-state index in [1.807, 2.05) is 19.3 Å². The van der Waals surface area contributed by atoms with Crippen molar-refractivity contribution in [3.63, 3.8) is 0 Å². The van der Waals surface area contributed by atoms with Crippen LogP contribution < -0.4 is 10.6 Å². The first-order chi connectivity index (χ1) is 17.1. The van der Waals surface area contributed by atoms with Crippen molar-refractivity contribution >= 4 is 38.4 Å². The van der Waals surface area contributed by atoms with Gasteiger partial charge in [0, 0.05) is 39.2 Å². The number of H-pyrrole nitrogens is 2. The second kappa shape index (κ2) is 7.74. The Balaban J connectivity index is 1.37. The van der Waals surface area contributed by atoms with Crippen LogP contribution >= 0.6 is 0 Å². The zero-order chi connectivity index (χ0) is 23.5. The predicted molar refractivity (Wildman–Crippen MR) is 139 cm³/mol. The van der Waals surface area contributed by atoms with Crippen molar-refractivity contribution in [3.8, 4) is 11.3 Å². The Hall–Kier alpha value is -4.04. The number of rotatable bonds is 3. The van der Waals surface area contributed by atoms with E-state index in [4.69, 9.17) is 9.98 Å². The molecule has 2 atom stereocenters. The Labute approximate surface area is 201 Å². The number of aryl methyl sites for hydroxylation is 1. The normalized spacial score (nSPS) is 20.1. The number of aliphatic imine (C=N–C) groups is 1. The summed E-state index contributed by atoms with van der Waals surface area (Å²) in [7, 11) is 0. The number of nitrogens with one attached hydrogen (secondary N) is 4. The van der Waals surface area contributed by atoms with E-state index >= 15 is 0 Å². The maximum Gasteiger partial charge on any atom is 0.174 e. The van der Waals surface area contributed by atoms with E-state index in [1.54, 1.807) is 0 Å². The lowest BCUT2D eigenvalue weighted by Gasteiger charge is -2.32. The number of aromatic nitrogens is 5. The molecule has 3 aromatic heterocycles. The summed E-state index contributed by atoms with van der Waals surface area (Å²) in [4.78, 5) is 9.99. The van der Waals surface area contributed by atoms with Gasteiger partial charge in [0.15, 0.2) is 6.29 Å². The minimum atomic E-state index is -0.105. The first kappa shape index (κ1) is 20.3. The Morgan fingerprint density at radius 1 is 0.971 bits per heavy atom. The third-order valence-electron chi connectivity index (χ3n) is 7.21. The first-order valence-electron chi connectivity index (χ1n) is 12.1. The zero-order valence-electron chi connectivity index (χ0n) is 19.7. The zero-order valence-corrected chi connectivity index (χ0v) is 19.7. The molecule has 8 heteroatoms. The molecule has 0 saturated heterocycles. The summed E-state index contributed by atoms with van der Waals surface area (Å²) in [5.74, 6) is 0. The van der Waals surface area contributed by atoms with Crippen LogP contribution in [0.4, 0.5) is 0 Å². The molecule has 0 saturated carbocycles. The molecule has 2 aromatic carbocycles. The number of nitrogens with zero attached hydrogens (tertiary/aromatic N) is 4. The molecule has 0 amide bonds. The van der Waals surface area contributed by atoms with Gasteiger partial charge in [-0.15, -0.1) is 0 Å². The van der Waals surface area contributed by atoms with Crippen LogP contribution in [0.15, 0.2) is 59.5 Å². The minimum Gasteiger partial charge on any atom is -0.355 e. The van der Waals surface area contributed by atoms with Gasteiger partial charge in [-0.05, 0) is 74.6 Å². The maximum absolute atomic E-state index is 5.23. The fraction of sp³-hybridized carbons (Fsp3) is 0.259. The van der Waals surface area contributed by atoms with Gasteiger partial charge in [-0.2, -0.15) is 10.2 Å². The molecular weight excluding hydrogens is 436 g/mol. The number of pyridine rings is 1. The third-order valence-corrected chi connectivity index (χ3v) is 7.21. The molecule has 8 nitrogen and oxygen atoms in total. The summed E-state index contributed by atoms with van der Waals surface area (Å²) >= 11 is 0. The van der Waals surface area contributed by atoms with Crippen LogP contribution in [0.2, 0.25) is 0 Å². The Morgan fingerprint density at radius 3 is 2.74 bits per heavy atom. The van der Waals surface area contributed by atoms with Gasteiger partial charge >= 0.3 is 0 Å². The molecule has 7 rings (SSSR count). The van der Waals surface area contributed by atoms with Crippen molar-refractivity contribution in [2.24, 2.45) is 4.99 Å². The molecule has 0 bridgehead atoms. The van der Waals surface area contributed by atoms with Gasteiger partial charge < -0.3 is 5.32 Å². The summed E-state index contributed by atoms with van der Waals surface area (Å²) in [5.41, 5.74) is 10.1. The molecule has 174 valence electrons. The van der Waals surface area contributed by atoms with Gasteiger partial charge in [0.2, 0.25) is 0 Å². The Kier molecular flexibility index (Phi) is 4.50. The summed E-state index contributed by atoms with van der Waals surface area (Å²) < 4.78 is 0. The molecule has 35 heavy (non-hydrogen) atoms. The van der Waals surface area contributed by atoms with Gasteiger partial charge in [0.25, 0.3) is 0 Å². The fourth-order valence-electron chi connectivity index (χ4n) is 5.68. The standard InChI is InChI=1S/C27H26N8/c1-14-9-15(2)31-27(30-14)32-18-4-5-19-20(11-18)26(16-3-6-22-17(10-16)12-28-34-22)33-24-8-7-23-21(25(19)24)13-29-35-23/h3,6-10,12-13,18,27,30,32H,4-5,11H2,1-2H3,(H,28,34)(H,29,35). The van der Waals surface area contributed by atoms with Crippen LogP contribution in [-0.4, -0.2) is 43.4 Å². The lowest BCUT2D eigenvalue weighted by atomic mass is 9.83. The molecule has 1 aliphatic heterocycles. The van der Waals surface area contributed by atoms with Gasteiger partial charge in [-0.1, -0.05) is 6.07 Å². The third kappa shape index (κ3) is 3.40. The average Bonchev–Trinajstić information content (AvgIpc) is 3.51. The summed E-state index contributed by atoms with van der Waals surface area (Å²) in [5, 5.41) is 25.3. The smallest absolute Gasteiger partial charge is 0.174 e. The maximum atomic E-state index is 5.23. The molecule has 4 heterocycles. The number of fused-ring (bicyclic) bond motifs is 6. The number of hydrogen-bond donors (Lipinski definition) is 4. The second-order valence-electron chi connectivity index (χ2n) is 9.63. The summed E-state index contributed by atoms with van der Waals surface area (Å²) in [6.45, 7) is 4.13. The molecule has 0 fully saturated rings. The first-order valence-corrected chi connectivity index (χ1v) is 12.1. The van der Waals surface area contributed by atoms with Crippen molar-refractivity contribution < 1.29 is 0 Å². The highest BCUT2D eigenvalue weighted by Crippen LogP contribution is 2.38. The van der Waals surface area contributed by atoms with Gasteiger partial charge in [0.1, 0.15) is 0 Å². The second-order valence-corrected chi connectivity index (χ2v) is 9.63. The molecule has 5 aromatic rings. The van der Waals surface area contributed by atoms with Crippen LogP contribution in [0.1, 0.15) is 31.4 Å². The monoisotopic (exact) mass is 462 g/mol. The fourth-order valence-corrected chi connectivity index (χ4v) is 5.68. The van der Waals surface area contributed by atoms with E-state index in [0.717, 1.165) is 69.3 Å². The lowest BCUT2D eigenvalue weighted by Crippen LogP contribution is -2.49. The molecule has 2 unspecified atom stereocenters. The largest absolute Gasteiger partial charge is 0.355 e. The lowest BCUT2D eigenvalue weighted by molar-refractivity contribution is 0.371. The number of allylic oxidation sites excluding steroid dienone is 2. The van der Waals surface area contributed by atoms with Gasteiger partial charge in [-0.3, -0.25) is 20.5 Å². The molecule has 0 radical (unpaired) electrons. The average molecular weight is 463 g/mol. The number of hydrogen-bond acceptors (Lipinski definition) is 6. The minimum absolute atomic E-state index is 0.105. The van der Waals surface area contributed by atoms with E-state index in [2.05, 4.69) is 74.4 Å². The Morgan fingerprint density at radius 2 is 1.83 bits per heavy atom. The van der Waals surface area contributed by atoms with Gasteiger partial charge in [-0.25, -0.2) is 4.98 Å². The molecule has 4 N–H and O–H groups in total. The van der Waals surface area contributed by atoms with E-state index in [9.17, 15) is 0 Å².